The highest BCUT2D eigenvalue weighted by Crippen LogP contribution is 2.29. The molecule has 3 nitrogen and oxygen atoms in total. The van der Waals surface area contributed by atoms with E-state index >= 15 is 0 Å². The maximum Gasteiger partial charge on any atom is 0.186 e. The number of rotatable bonds is 2. The van der Waals surface area contributed by atoms with Crippen LogP contribution in [0.1, 0.15) is 30.9 Å². The summed E-state index contributed by atoms with van der Waals surface area (Å²) < 4.78 is 19.9. The predicted molar refractivity (Wildman–Crippen MR) is 56.0 cm³/mol. The number of aromatic hydroxyl groups is 1. The minimum absolute atomic E-state index is 0.137. The van der Waals surface area contributed by atoms with E-state index in [1.54, 1.807) is 13.0 Å². The standard InChI is InChI=1S/C10H14O3S/c1-6(2)8-5-10(14(12)13)7(3)4-9(8)11/h4-6,11H,1-3H3,(H,12,13). The smallest absolute Gasteiger partial charge is 0.186 e. The molecule has 1 aromatic rings. The van der Waals surface area contributed by atoms with Crippen molar-refractivity contribution >= 4 is 11.1 Å². The van der Waals surface area contributed by atoms with E-state index in [4.69, 9.17) is 4.55 Å². The first-order valence-corrected chi connectivity index (χ1v) is 5.48. The Morgan fingerprint density at radius 1 is 1.36 bits per heavy atom. The lowest BCUT2D eigenvalue weighted by Gasteiger charge is -2.11. The molecule has 0 heterocycles. The summed E-state index contributed by atoms with van der Waals surface area (Å²) in [5.41, 5.74) is 1.33. The molecule has 0 aliphatic rings. The first-order chi connectivity index (χ1) is 6.43. The average Bonchev–Trinajstić information content (AvgIpc) is 2.02. The van der Waals surface area contributed by atoms with E-state index in [1.165, 1.54) is 6.07 Å². The Kier molecular flexibility index (Phi) is 3.29. The topological polar surface area (TPSA) is 57.5 Å². The zero-order valence-electron chi connectivity index (χ0n) is 8.44. The first-order valence-electron chi connectivity index (χ1n) is 4.38. The normalized spacial score (nSPS) is 13.2. The number of phenols is 1. The third-order valence-electron chi connectivity index (χ3n) is 2.13. The molecule has 0 radical (unpaired) electrons. The SMILES string of the molecule is Cc1cc(O)c(C(C)C)cc1S(=O)O. The molecule has 1 unspecified atom stereocenters. The Balaban J connectivity index is 3.34. The minimum Gasteiger partial charge on any atom is -0.508 e. The second-order valence-corrected chi connectivity index (χ2v) is 4.52. The van der Waals surface area contributed by atoms with E-state index in [2.05, 4.69) is 0 Å². The van der Waals surface area contributed by atoms with Gasteiger partial charge in [0.2, 0.25) is 0 Å². The van der Waals surface area contributed by atoms with E-state index in [-0.39, 0.29) is 11.7 Å². The fourth-order valence-corrected chi connectivity index (χ4v) is 1.90. The highest BCUT2D eigenvalue weighted by Gasteiger charge is 2.12. The van der Waals surface area contributed by atoms with Gasteiger partial charge in [-0.1, -0.05) is 13.8 Å². The Morgan fingerprint density at radius 2 is 1.93 bits per heavy atom. The molecule has 0 aromatic heterocycles. The van der Waals surface area contributed by atoms with E-state index in [0.29, 0.717) is 16.0 Å². The maximum absolute atomic E-state index is 10.9. The highest BCUT2D eigenvalue weighted by molar-refractivity contribution is 7.79. The van der Waals surface area contributed by atoms with E-state index in [1.807, 2.05) is 13.8 Å². The van der Waals surface area contributed by atoms with E-state index < -0.39 is 11.1 Å². The molecule has 0 saturated carbocycles. The van der Waals surface area contributed by atoms with Gasteiger partial charge in [0, 0.05) is 0 Å². The predicted octanol–water partition coefficient (Wildman–Crippen LogP) is 2.40. The van der Waals surface area contributed by atoms with Crippen molar-refractivity contribution in [3.05, 3.63) is 23.3 Å². The van der Waals surface area contributed by atoms with Gasteiger partial charge < -0.3 is 9.66 Å². The van der Waals surface area contributed by atoms with Gasteiger partial charge in [-0.2, -0.15) is 0 Å². The van der Waals surface area contributed by atoms with E-state index in [9.17, 15) is 9.32 Å². The number of benzene rings is 1. The fraction of sp³-hybridized carbons (Fsp3) is 0.400. The van der Waals surface area contributed by atoms with Crippen LogP contribution in [-0.2, 0) is 11.1 Å². The van der Waals surface area contributed by atoms with Gasteiger partial charge in [0.05, 0.1) is 4.90 Å². The molecule has 0 saturated heterocycles. The summed E-state index contributed by atoms with van der Waals surface area (Å²) in [6, 6.07) is 3.12. The molecule has 0 fully saturated rings. The van der Waals surface area contributed by atoms with Crippen molar-refractivity contribution in [1.82, 2.24) is 0 Å². The van der Waals surface area contributed by atoms with E-state index in [0.717, 1.165) is 0 Å². The molecule has 0 amide bonds. The minimum atomic E-state index is -1.99. The third kappa shape index (κ3) is 2.13. The fourth-order valence-electron chi connectivity index (χ4n) is 1.34. The Bertz CT molecular complexity index is 372. The number of aryl methyl sites for hydroxylation is 1. The lowest BCUT2D eigenvalue weighted by Crippen LogP contribution is -1.97. The van der Waals surface area contributed by atoms with Gasteiger partial charge in [0.25, 0.3) is 0 Å². The molecule has 0 aliphatic carbocycles. The van der Waals surface area contributed by atoms with Gasteiger partial charge in [0.1, 0.15) is 5.75 Å². The molecule has 4 heteroatoms. The second kappa shape index (κ2) is 4.11. The summed E-state index contributed by atoms with van der Waals surface area (Å²) in [6.07, 6.45) is 0. The maximum atomic E-state index is 10.9. The van der Waals surface area contributed by atoms with Gasteiger partial charge in [-0.15, -0.1) is 0 Å². The molecule has 1 aromatic carbocycles. The van der Waals surface area contributed by atoms with Crippen LogP contribution in [0.15, 0.2) is 17.0 Å². The van der Waals surface area contributed by atoms with Gasteiger partial charge in [-0.05, 0) is 36.1 Å². The lowest BCUT2D eigenvalue weighted by molar-refractivity contribution is 0.463. The van der Waals surface area contributed by atoms with Crippen molar-refractivity contribution in [2.45, 2.75) is 31.6 Å². The zero-order valence-corrected chi connectivity index (χ0v) is 9.26. The zero-order chi connectivity index (χ0) is 10.9. The van der Waals surface area contributed by atoms with Crippen LogP contribution in [0.5, 0.6) is 5.75 Å². The highest BCUT2D eigenvalue weighted by atomic mass is 32.2. The number of hydrogen-bond donors (Lipinski definition) is 2. The molecule has 2 N–H and O–H groups in total. The van der Waals surface area contributed by atoms with Crippen molar-refractivity contribution < 1.29 is 13.9 Å². The second-order valence-electron chi connectivity index (χ2n) is 3.58. The molecule has 0 aliphatic heterocycles. The van der Waals surface area contributed by atoms with Gasteiger partial charge >= 0.3 is 0 Å². The molecule has 78 valence electrons. The van der Waals surface area contributed by atoms with Gasteiger partial charge in [-0.25, -0.2) is 4.21 Å². The van der Waals surface area contributed by atoms with Crippen molar-refractivity contribution in [2.24, 2.45) is 0 Å². The average molecular weight is 214 g/mol. The monoisotopic (exact) mass is 214 g/mol. The number of phenolic OH excluding ortho intramolecular Hbond substituents is 1. The van der Waals surface area contributed by atoms with Crippen LogP contribution in [0, 0.1) is 6.92 Å². The molecule has 14 heavy (non-hydrogen) atoms. The van der Waals surface area contributed by atoms with Gasteiger partial charge in [-0.3, -0.25) is 0 Å². The van der Waals surface area contributed by atoms with Crippen molar-refractivity contribution in [3.8, 4) is 5.75 Å². The number of hydrogen-bond acceptors (Lipinski definition) is 2. The van der Waals surface area contributed by atoms with Crippen LogP contribution in [0.25, 0.3) is 0 Å². The Hall–Kier alpha value is -0.870. The largest absolute Gasteiger partial charge is 0.508 e. The summed E-state index contributed by atoms with van der Waals surface area (Å²) >= 11 is -1.99. The van der Waals surface area contributed by atoms with Crippen molar-refractivity contribution in [1.29, 1.82) is 0 Å². The summed E-state index contributed by atoms with van der Waals surface area (Å²) in [4.78, 5) is 0.367. The molecular formula is C10H14O3S. The van der Waals surface area contributed by atoms with Crippen LogP contribution in [0.4, 0.5) is 0 Å². The summed E-state index contributed by atoms with van der Waals surface area (Å²) in [6.45, 7) is 5.55. The Labute approximate surface area is 86.1 Å². The quantitative estimate of drug-likeness (QED) is 0.743. The molecule has 1 rings (SSSR count). The molecule has 0 bridgehead atoms. The molecule has 0 spiro atoms. The van der Waals surface area contributed by atoms with Crippen LogP contribution in [0.2, 0.25) is 0 Å². The van der Waals surface area contributed by atoms with Gasteiger partial charge in [0.15, 0.2) is 11.1 Å². The van der Waals surface area contributed by atoms with Crippen molar-refractivity contribution in [3.63, 3.8) is 0 Å². The van der Waals surface area contributed by atoms with Crippen molar-refractivity contribution in [2.75, 3.05) is 0 Å². The molecule has 1 atom stereocenters. The van der Waals surface area contributed by atoms with Crippen LogP contribution in [0.3, 0.4) is 0 Å². The summed E-state index contributed by atoms with van der Waals surface area (Å²) in [5, 5.41) is 9.59. The summed E-state index contributed by atoms with van der Waals surface area (Å²) in [5.74, 6) is 0.324. The lowest BCUT2D eigenvalue weighted by atomic mass is 10.0. The first kappa shape index (κ1) is 11.2. The van der Waals surface area contributed by atoms with Crippen LogP contribution in [-0.4, -0.2) is 13.9 Å². The third-order valence-corrected chi connectivity index (χ3v) is 2.95. The Morgan fingerprint density at radius 3 is 2.36 bits per heavy atom. The van der Waals surface area contributed by atoms with Crippen LogP contribution < -0.4 is 0 Å². The molecular weight excluding hydrogens is 200 g/mol. The summed E-state index contributed by atoms with van der Waals surface area (Å²) in [7, 11) is 0. The van der Waals surface area contributed by atoms with Crippen LogP contribution >= 0.6 is 0 Å².